The highest BCUT2D eigenvalue weighted by atomic mass is 16.5. The lowest BCUT2D eigenvalue weighted by Gasteiger charge is -2.30. The molecule has 1 saturated carbocycles. The monoisotopic (exact) mass is 350 g/mol. The van der Waals surface area contributed by atoms with E-state index in [9.17, 15) is 0 Å². The molecule has 1 aliphatic carbocycles. The van der Waals surface area contributed by atoms with Crippen molar-refractivity contribution in [1.82, 2.24) is 15.5 Å². The van der Waals surface area contributed by atoms with Crippen LogP contribution in [0.2, 0.25) is 0 Å². The zero-order valence-electron chi connectivity index (χ0n) is 16.2. The van der Waals surface area contributed by atoms with Crippen molar-refractivity contribution in [3.8, 4) is 0 Å². The molecule has 0 aliphatic heterocycles. The molecule has 0 aromatic carbocycles. The zero-order chi connectivity index (χ0) is 18.1. The molecule has 2 rings (SSSR count). The van der Waals surface area contributed by atoms with Crippen LogP contribution < -0.4 is 10.6 Å². The van der Waals surface area contributed by atoms with Crippen molar-refractivity contribution in [2.45, 2.75) is 38.1 Å². The van der Waals surface area contributed by atoms with Gasteiger partial charge in [0.2, 0.25) is 0 Å². The Morgan fingerprint density at radius 2 is 2.12 bits per heavy atom. The summed E-state index contributed by atoms with van der Waals surface area (Å²) in [5, 5.41) is 6.98. The van der Waals surface area contributed by atoms with E-state index in [1.54, 1.807) is 13.4 Å². The van der Waals surface area contributed by atoms with Gasteiger partial charge in [0.05, 0.1) is 12.3 Å². The van der Waals surface area contributed by atoms with Crippen LogP contribution in [0.4, 0.5) is 0 Å². The number of rotatable bonds is 9. The molecular weight excluding hydrogens is 316 g/mol. The smallest absolute Gasteiger partial charge is 0.191 e. The molecule has 1 atom stereocenters. The summed E-state index contributed by atoms with van der Waals surface area (Å²) in [6.07, 6.45) is 8.01. The van der Waals surface area contributed by atoms with Crippen molar-refractivity contribution in [2.75, 3.05) is 47.9 Å². The van der Waals surface area contributed by atoms with Gasteiger partial charge in [0.15, 0.2) is 5.96 Å². The number of nitrogens with one attached hydrogen (secondary N) is 2. The predicted molar refractivity (Wildman–Crippen MR) is 102 cm³/mol. The Bertz CT molecular complexity index is 508. The Morgan fingerprint density at radius 3 is 2.68 bits per heavy atom. The van der Waals surface area contributed by atoms with Crippen molar-refractivity contribution in [1.29, 1.82) is 0 Å². The second kappa shape index (κ2) is 9.82. The van der Waals surface area contributed by atoms with Crippen LogP contribution in [0.3, 0.4) is 0 Å². The molecule has 142 valence electrons. The lowest BCUT2D eigenvalue weighted by Crippen LogP contribution is -2.45. The van der Waals surface area contributed by atoms with Gasteiger partial charge in [0.25, 0.3) is 0 Å². The first-order valence-electron chi connectivity index (χ1n) is 9.23. The molecule has 1 aromatic heterocycles. The normalized spacial score (nSPS) is 18.5. The fraction of sp³-hybridized carbons (Fsp3) is 0.737. The van der Waals surface area contributed by atoms with E-state index in [-0.39, 0.29) is 6.04 Å². The number of furan rings is 1. The van der Waals surface area contributed by atoms with Gasteiger partial charge in [-0.2, -0.15) is 0 Å². The third-order valence-electron chi connectivity index (χ3n) is 5.31. The maximum absolute atomic E-state index is 5.57. The highest BCUT2D eigenvalue weighted by molar-refractivity contribution is 5.79. The second-order valence-electron chi connectivity index (χ2n) is 7.25. The van der Waals surface area contributed by atoms with E-state index in [1.165, 1.54) is 25.7 Å². The number of hydrogen-bond acceptors (Lipinski definition) is 4. The van der Waals surface area contributed by atoms with Crippen molar-refractivity contribution >= 4 is 5.96 Å². The molecule has 1 heterocycles. The molecule has 6 nitrogen and oxygen atoms in total. The fourth-order valence-electron chi connectivity index (χ4n) is 3.66. The topological polar surface area (TPSA) is 62.0 Å². The molecule has 0 amide bonds. The van der Waals surface area contributed by atoms with Crippen molar-refractivity contribution in [3.63, 3.8) is 0 Å². The van der Waals surface area contributed by atoms with E-state index < -0.39 is 0 Å². The Kier molecular flexibility index (Phi) is 7.78. The molecular formula is C19H34N4O2. The molecule has 25 heavy (non-hydrogen) atoms. The maximum atomic E-state index is 5.57. The summed E-state index contributed by atoms with van der Waals surface area (Å²) < 4.78 is 10.9. The van der Waals surface area contributed by atoms with Crippen LogP contribution in [0.5, 0.6) is 0 Å². The zero-order valence-corrected chi connectivity index (χ0v) is 16.2. The summed E-state index contributed by atoms with van der Waals surface area (Å²) in [4.78, 5) is 6.54. The summed E-state index contributed by atoms with van der Waals surface area (Å²) in [5.41, 5.74) is 0.343. The van der Waals surface area contributed by atoms with Gasteiger partial charge in [0, 0.05) is 33.9 Å². The highest BCUT2D eigenvalue weighted by Crippen LogP contribution is 2.40. The molecule has 2 N–H and O–H groups in total. The third-order valence-corrected chi connectivity index (χ3v) is 5.31. The number of nitrogens with zero attached hydrogens (tertiary/aromatic N) is 2. The summed E-state index contributed by atoms with van der Waals surface area (Å²) in [7, 11) is 7.72. The van der Waals surface area contributed by atoms with Crippen LogP contribution in [0.15, 0.2) is 27.8 Å². The SMILES string of the molecule is CN=C(NCC(c1ccco1)N(C)C)NCC1(CCOC)CCCC1. The lowest BCUT2D eigenvalue weighted by molar-refractivity contribution is 0.138. The average molecular weight is 351 g/mol. The Hall–Kier alpha value is -1.53. The third kappa shape index (κ3) is 5.75. The molecule has 1 aromatic rings. The Balaban J connectivity index is 1.87. The largest absolute Gasteiger partial charge is 0.468 e. The van der Waals surface area contributed by atoms with Gasteiger partial charge in [-0.15, -0.1) is 0 Å². The summed E-state index contributed by atoms with van der Waals surface area (Å²) in [5.74, 6) is 1.81. The van der Waals surface area contributed by atoms with Gasteiger partial charge in [0.1, 0.15) is 5.76 Å². The van der Waals surface area contributed by atoms with E-state index in [0.717, 1.165) is 37.8 Å². The van der Waals surface area contributed by atoms with Gasteiger partial charge in [-0.3, -0.25) is 9.89 Å². The predicted octanol–water partition coefficient (Wildman–Crippen LogP) is 2.64. The van der Waals surface area contributed by atoms with E-state index >= 15 is 0 Å². The molecule has 0 saturated heterocycles. The number of ether oxygens (including phenoxy) is 1. The van der Waals surface area contributed by atoms with Crippen molar-refractivity contribution in [2.24, 2.45) is 10.4 Å². The number of guanidine groups is 1. The van der Waals surface area contributed by atoms with Crippen LogP contribution in [-0.2, 0) is 4.74 Å². The standard InChI is InChI=1S/C19H34N4O2/c1-20-18(21-14-16(23(2)3)17-8-7-12-25-17)22-15-19(11-13-24-4)9-5-6-10-19/h7-8,12,16H,5-6,9-11,13-15H2,1-4H3,(H2,20,21,22). The number of aliphatic imine (C=N–C) groups is 1. The first kappa shape index (κ1) is 19.8. The quantitative estimate of drug-likeness (QED) is 0.530. The minimum atomic E-state index is 0.169. The molecule has 0 bridgehead atoms. The average Bonchev–Trinajstić information content (AvgIpc) is 3.28. The lowest BCUT2D eigenvalue weighted by atomic mass is 9.83. The van der Waals surface area contributed by atoms with Gasteiger partial charge < -0.3 is 19.8 Å². The van der Waals surface area contributed by atoms with Crippen LogP contribution in [0.1, 0.15) is 43.9 Å². The number of hydrogen-bond donors (Lipinski definition) is 2. The second-order valence-corrected chi connectivity index (χ2v) is 7.25. The van der Waals surface area contributed by atoms with Crippen LogP contribution in [0.25, 0.3) is 0 Å². The van der Waals surface area contributed by atoms with Crippen molar-refractivity contribution in [3.05, 3.63) is 24.2 Å². The summed E-state index contributed by atoms with van der Waals surface area (Å²) in [6.45, 7) is 2.52. The van der Waals surface area contributed by atoms with Crippen LogP contribution >= 0.6 is 0 Å². The molecule has 1 unspecified atom stereocenters. The number of methoxy groups -OCH3 is 1. The van der Waals surface area contributed by atoms with E-state index in [2.05, 4.69) is 34.6 Å². The Labute approximate surface area is 152 Å². The van der Waals surface area contributed by atoms with Gasteiger partial charge >= 0.3 is 0 Å². The Morgan fingerprint density at radius 1 is 1.36 bits per heavy atom. The number of likely N-dealkylation sites (N-methyl/N-ethyl adjacent to an activating group) is 1. The van der Waals surface area contributed by atoms with E-state index in [1.807, 2.05) is 19.2 Å². The molecule has 6 heteroatoms. The van der Waals surface area contributed by atoms with Crippen LogP contribution in [0, 0.1) is 5.41 Å². The van der Waals surface area contributed by atoms with E-state index in [4.69, 9.17) is 9.15 Å². The molecule has 1 fully saturated rings. The molecule has 1 aliphatic rings. The first-order valence-corrected chi connectivity index (χ1v) is 9.23. The van der Waals surface area contributed by atoms with Gasteiger partial charge in [-0.25, -0.2) is 0 Å². The highest BCUT2D eigenvalue weighted by Gasteiger charge is 2.33. The molecule has 0 radical (unpaired) electrons. The first-order chi connectivity index (χ1) is 12.1. The summed E-state index contributed by atoms with van der Waals surface area (Å²) in [6, 6.07) is 4.11. The molecule has 0 spiro atoms. The van der Waals surface area contributed by atoms with Gasteiger partial charge in [-0.1, -0.05) is 12.8 Å². The minimum absolute atomic E-state index is 0.169. The van der Waals surface area contributed by atoms with Crippen molar-refractivity contribution < 1.29 is 9.15 Å². The summed E-state index contributed by atoms with van der Waals surface area (Å²) >= 11 is 0. The minimum Gasteiger partial charge on any atom is -0.468 e. The maximum Gasteiger partial charge on any atom is 0.191 e. The van der Waals surface area contributed by atoms with E-state index in [0.29, 0.717) is 5.41 Å². The van der Waals surface area contributed by atoms with Gasteiger partial charge in [-0.05, 0) is 50.9 Å². The fourth-order valence-corrected chi connectivity index (χ4v) is 3.66. The van der Waals surface area contributed by atoms with Crippen LogP contribution in [-0.4, -0.2) is 58.8 Å².